The lowest BCUT2D eigenvalue weighted by molar-refractivity contribution is 0.300. The van der Waals surface area contributed by atoms with Gasteiger partial charge in [-0.2, -0.15) is 0 Å². The largest absolute Gasteiger partial charge is 0.0622 e. The normalized spacial score (nSPS) is 53.5. The van der Waals surface area contributed by atoms with E-state index in [2.05, 4.69) is 27.7 Å². The molecule has 0 heteroatoms. The molecule has 2 aliphatic rings. The van der Waals surface area contributed by atoms with E-state index in [0.717, 1.165) is 29.1 Å². The molecule has 2 rings (SSSR count). The van der Waals surface area contributed by atoms with Gasteiger partial charge in [0.05, 0.1) is 0 Å². The quantitative estimate of drug-likeness (QED) is 0.599. The van der Waals surface area contributed by atoms with Crippen LogP contribution in [-0.2, 0) is 0 Å². The predicted molar refractivity (Wildman–Crippen MR) is 52.9 cm³/mol. The minimum atomic E-state index is 0.725. The molecule has 0 N–H and O–H groups in total. The molecule has 0 aromatic heterocycles. The molecule has 0 aromatic carbocycles. The van der Waals surface area contributed by atoms with E-state index in [0.29, 0.717) is 0 Å². The summed E-state index contributed by atoms with van der Waals surface area (Å²) in [5, 5.41) is 0. The van der Waals surface area contributed by atoms with Crippen molar-refractivity contribution in [1.82, 2.24) is 0 Å². The average Bonchev–Trinajstić information content (AvgIpc) is 2.79. The maximum absolute atomic E-state index is 2.48. The van der Waals surface area contributed by atoms with Gasteiger partial charge in [-0.05, 0) is 48.3 Å². The molecule has 0 amide bonds. The molecular weight excluding hydrogens is 144 g/mol. The third kappa shape index (κ3) is 1.30. The molecule has 0 aliphatic heterocycles. The van der Waals surface area contributed by atoms with Crippen LogP contribution in [0.15, 0.2) is 0 Å². The zero-order valence-corrected chi connectivity index (χ0v) is 8.93. The van der Waals surface area contributed by atoms with E-state index in [1.807, 2.05) is 0 Å². The molecule has 2 aliphatic carbocycles. The molecule has 0 bridgehead atoms. The Morgan fingerprint density at radius 1 is 1.42 bits per heavy atom. The molecule has 5 unspecified atom stereocenters. The first-order valence-electron chi connectivity index (χ1n) is 5.54. The van der Waals surface area contributed by atoms with Crippen molar-refractivity contribution in [2.45, 2.75) is 47.0 Å². The first kappa shape index (κ1) is 8.59. The molecule has 0 spiro atoms. The molecule has 0 aromatic rings. The van der Waals surface area contributed by atoms with Crippen LogP contribution >= 0.6 is 0 Å². The smallest absolute Gasteiger partial charge is 0.0271 e. The van der Waals surface area contributed by atoms with Gasteiger partial charge in [-0.25, -0.2) is 0 Å². The highest BCUT2D eigenvalue weighted by atomic mass is 14.6. The molecule has 2 saturated carbocycles. The molecule has 0 nitrogen and oxygen atoms in total. The van der Waals surface area contributed by atoms with Gasteiger partial charge in [0.2, 0.25) is 0 Å². The standard InChI is InChI=1S/C12H22/c1-8-5-11(8)6-9(2)12(4)7-10(12)3/h8-11H,5-7H2,1-4H3. The molecular formula is C12H22. The highest BCUT2D eigenvalue weighted by Gasteiger charge is 2.51. The number of hydrogen-bond donors (Lipinski definition) is 0. The fourth-order valence-electron chi connectivity index (χ4n) is 2.74. The number of hydrogen-bond acceptors (Lipinski definition) is 0. The Morgan fingerprint density at radius 2 is 1.92 bits per heavy atom. The van der Waals surface area contributed by atoms with Crippen molar-refractivity contribution < 1.29 is 0 Å². The summed E-state index contributed by atoms with van der Waals surface area (Å²) in [5.41, 5.74) is 0.725. The second-order valence-electron chi connectivity index (χ2n) is 5.72. The van der Waals surface area contributed by atoms with Gasteiger partial charge in [-0.1, -0.05) is 27.7 Å². The van der Waals surface area contributed by atoms with Gasteiger partial charge in [0.1, 0.15) is 0 Å². The van der Waals surface area contributed by atoms with E-state index in [-0.39, 0.29) is 0 Å². The van der Waals surface area contributed by atoms with Gasteiger partial charge < -0.3 is 0 Å². The molecule has 0 heterocycles. The summed E-state index contributed by atoms with van der Waals surface area (Å²) in [4.78, 5) is 0. The highest BCUT2D eigenvalue weighted by Crippen LogP contribution is 2.60. The highest BCUT2D eigenvalue weighted by molar-refractivity contribution is 5.01. The van der Waals surface area contributed by atoms with Crippen molar-refractivity contribution in [2.75, 3.05) is 0 Å². The van der Waals surface area contributed by atoms with Crippen LogP contribution in [0.3, 0.4) is 0 Å². The van der Waals surface area contributed by atoms with Crippen LogP contribution in [0, 0.1) is 29.1 Å². The van der Waals surface area contributed by atoms with Gasteiger partial charge in [-0.3, -0.25) is 0 Å². The molecule has 70 valence electrons. The summed E-state index contributed by atoms with van der Waals surface area (Å²) in [5.74, 6) is 4.11. The molecule has 2 fully saturated rings. The van der Waals surface area contributed by atoms with E-state index in [9.17, 15) is 0 Å². The maximum atomic E-state index is 2.48. The topological polar surface area (TPSA) is 0 Å². The van der Waals surface area contributed by atoms with Gasteiger partial charge in [-0.15, -0.1) is 0 Å². The second-order valence-corrected chi connectivity index (χ2v) is 5.72. The van der Waals surface area contributed by atoms with Crippen molar-refractivity contribution in [3.05, 3.63) is 0 Å². The Balaban J connectivity index is 1.81. The minimum Gasteiger partial charge on any atom is -0.0622 e. The third-order valence-corrected chi connectivity index (χ3v) is 4.77. The van der Waals surface area contributed by atoms with E-state index in [1.165, 1.54) is 19.3 Å². The van der Waals surface area contributed by atoms with Crippen LogP contribution in [0.25, 0.3) is 0 Å². The monoisotopic (exact) mass is 166 g/mol. The van der Waals surface area contributed by atoms with Crippen molar-refractivity contribution in [2.24, 2.45) is 29.1 Å². The predicted octanol–water partition coefficient (Wildman–Crippen LogP) is 3.71. The summed E-state index contributed by atoms with van der Waals surface area (Å²) in [6, 6.07) is 0. The van der Waals surface area contributed by atoms with Crippen molar-refractivity contribution in [3.63, 3.8) is 0 Å². The Labute approximate surface area is 76.7 Å². The van der Waals surface area contributed by atoms with Crippen LogP contribution in [0.4, 0.5) is 0 Å². The van der Waals surface area contributed by atoms with Crippen LogP contribution in [0.2, 0.25) is 0 Å². The maximum Gasteiger partial charge on any atom is -0.0271 e. The van der Waals surface area contributed by atoms with Gasteiger partial charge >= 0.3 is 0 Å². The lowest BCUT2D eigenvalue weighted by Crippen LogP contribution is -2.11. The van der Waals surface area contributed by atoms with Crippen molar-refractivity contribution >= 4 is 0 Å². The first-order chi connectivity index (χ1) is 5.54. The minimum absolute atomic E-state index is 0.725. The average molecular weight is 166 g/mol. The lowest BCUT2D eigenvalue weighted by atomic mass is 9.86. The fourth-order valence-corrected chi connectivity index (χ4v) is 2.74. The Hall–Kier alpha value is 0. The summed E-state index contributed by atoms with van der Waals surface area (Å²) >= 11 is 0. The zero-order chi connectivity index (χ0) is 8.93. The summed E-state index contributed by atoms with van der Waals surface area (Å²) in [6.07, 6.45) is 4.49. The second kappa shape index (κ2) is 2.49. The van der Waals surface area contributed by atoms with Gasteiger partial charge in [0, 0.05) is 0 Å². The first-order valence-corrected chi connectivity index (χ1v) is 5.54. The van der Waals surface area contributed by atoms with Crippen LogP contribution in [-0.4, -0.2) is 0 Å². The fraction of sp³-hybridized carbons (Fsp3) is 1.00. The Morgan fingerprint density at radius 3 is 2.25 bits per heavy atom. The Bertz CT molecular complexity index is 184. The van der Waals surface area contributed by atoms with Crippen molar-refractivity contribution in [1.29, 1.82) is 0 Å². The summed E-state index contributed by atoms with van der Waals surface area (Å²) < 4.78 is 0. The Kier molecular flexibility index (Phi) is 1.79. The molecule has 12 heavy (non-hydrogen) atoms. The van der Waals surface area contributed by atoms with Crippen LogP contribution in [0.5, 0.6) is 0 Å². The van der Waals surface area contributed by atoms with Crippen LogP contribution in [0.1, 0.15) is 47.0 Å². The number of rotatable bonds is 3. The summed E-state index contributed by atoms with van der Waals surface area (Å²) in [7, 11) is 0. The molecule has 0 saturated heterocycles. The molecule has 0 radical (unpaired) electrons. The zero-order valence-electron chi connectivity index (χ0n) is 8.93. The third-order valence-electron chi connectivity index (χ3n) is 4.77. The van der Waals surface area contributed by atoms with E-state index in [1.54, 1.807) is 0 Å². The van der Waals surface area contributed by atoms with Crippen molar-refractivity contribution in [3.8, 4) is 0 Å². The van der Waals surface area contributed by atoms with Gasteiger partial charge in [0.15, 0.2) is 0 Å². The SMILES string of the molecule is CC1CC1CC(C)C1(C)CC1C. The van der Waals surface area contributed by atoms with E-state index in [4.69, 9.17) is 0 Å². The lowest BCUT2D eigenvalue weighted by Gasteiger charge is -2.19. The van der Waals surface area contributed by atoms with Crippen LogP contribution < -0.4 is 0 Å². The summed E-state index contributed by atoms with van der Waals surface area (Å²) in [6.45, 7) is 9.76. The van der Waals surface area contributed by atoms with E-state index < -0.39 is 0 Å². The molecule has 5 atom stereocenters. The van der Waals surface area contributed by atoms with E-state index >= 15 is 0 Å². The van der Waals surface area contributed by atoms with Gasteiger partial charge in [0.25, 0.3) is 0 Å².